The summed E-state index contributed by atoms with van der Waals surface area (Å²) in [5, 5.41) is 2.30. The summed E-state index contributed by atoms with van der Waals surface area (Å²) in [4.78, 5) is 45.6. The van der Waals surface area contributed by atoms with Crippen LogP contribution in [0, 0.1) is 11.7 Å². The summed E-state index contributed by atoms with van der Waals surface area (Å²) in [6, 6.07) is 12.1. The number of isothiocyanates is 1. The van der Waals surface area contributed by atoms with Crippen molar-refractivity contribution in [2.75, 3.05) is 4.90 Å². The summed E-state index contributed by atoms with van der Waals surface area (Å²) >= 11 is 4.72. The number of hydrogen-bond donors (Lipinski definition) is 0. The Morgan fingerprint density at radius 1 is 1.22 bits per heavy atom. The molecule has 9 heteroatoms. The molecule has 0 saturated carbocycles. The van der Waals surface area contributed by atoms with Gasteiger partial charge in [-0.2, -0.15) is 0 Å². The van der Waals surface area contributed by atoms with Crippen molar-refractivity contribution in [2.24, 2.45) is 10.9 Å². The minimum Gasteiger partial charge on any atom is -0.460 e. The molecule has 1 aliphatic carbocycles. The quantitative estimate of drug-likeness (QED) is 0.246. The minimum absolute atomic E-state index is 0.0592. The van der Waals surface area contributed by atoms with Gasteiger partial charge in [-0.25, -0.2) is 19.1 Å². The van der Waals surface area contributed by atoms with Crippen molar-refractivity contribution in [1.82, 2.24) is 0 Å². The van der Waals surface area contributed by atoms with Crippen molar-refractivity contribution in [3.05, 3.63) is 77.6 Å². The molecule has 0 bridgehead atoms. The van der Waals surface area contributed by atoms with Crippen LogP contribution in [0.15, 0.2) is 65.7 Å². The van der Waals surface area contributed by atoms with Gasteiger partial charge in [0.2, 0.25) is 0 Å². The topological polar surface area (TPSA) is 85.3 Å². The largest absolute Gasteiger partial charge is 0.460 e. The van der Waals surface area contributed by atoms with Crippen LogP contribution in [0.4, 0.5) is 14.9 Å². The fraction of sp³-hybridized carbons (Fsp3) is 0.333. The smallest absolute Gasteiger partial charge is 0.421 e. The number of hydrogen-bond acceptors (Lipinski definition) is 7. The summed E-state index contributed by atoms with van der Waals surface area (Å²) < 4.78 is 25.6. The highest BCUT2D eigenvalue weighted by Crippen LogP contribution is 2.52. The molecule has 2 aromatic carbocycles. The molecule has 0 fully saturated rings. The molecule has 2 amide bonds. The van der Waals surface area contributed by atoms with Crippen LogP contribution >= 0.6 is 12.2 Å². The maximum Gasteiger partial charge on any atom is 0.421 e. The number of fused-ring (bicyclic) bond motifs is 2. The number of ether oxygens (including phenoxy) is 2. The van der Waals surface area contributed by atoms with Gasteiger partial charge in [0.15, 0.2) is 0 Å². The van der Waals surface area contributed by atoms with Gasteiger partial charge >= 0.3 is 12.1 Å². The van der Waals surface area contributed by atoms with E-state index < -0.39 is 46.8 Å². The van der Waals surface area contributed by atoms with E-state index in [1.165, 1.54) is 18.2 Å². The van der Waals surface area contributed by atoms with Gasteiger partial charge in [0, 0.05) is 0 Å². The van der Waals surface area contributed by atoms with Crippen LogP contribution in [0.25, 0.3) is 0 Å². The van der Waals surface area contributed by atoms with Gasteiger partial charge in [0.05, 0.1) is 22.8 Å². The second kappa shape index (κ2) is 9.76. The maximum absolute atomic E-state index is 14.5. The van der Waals surface area contributed by atoms with Crippen molar-refractivity contribution >= 4 is 41.0 Å². The third-order valence-corrected chi connectivity index (χ3v) is 6.21. The summed E-state index contributed by atoms with van der Waals surface area (Å²) in [6.45, 7) is 5.06. The van der Waals surface area contributed by atoms with E-state index in [4.69, 9.17) is 21.7 Å². The van der Waals surface area contributed by atoms with E-state index in [9.17, 15) is 18.8 Å². The molecule has 1 spiro atoms. The molecule has 0 aromatic heterocycles. The SMILES string of the molecule is CC(C)(C)OC(=O)[C@@H]1C[C@@H](N=C=S)C=C[C@@]12C(=O)N(C(=O)OCc1ccccc1)c1ccc(F)cc12. The zero-order valence-corrected chi connectivity index (χ0v) is 20.9. The molecule has 0 radical (unpaired) electrons. The summed E-state index contributed by atoms with van der Waals surface area (Å²) in [7, 11) is 0. The van der Waals surface area contributed by atoms with E-state index in [-0.39, 0.29) is 24.3 Å². The van der Waals surface area contributed by atoms with Crippen molar-refractivity contribution in [3.8, 4) is 0 Å². The highest BCUT2D eigenvalue weighted by atomic mass is 32.1. The zero-order chi connectivity index (χ0) is 26.1. The minimum atomic E-state index is -1.68. The highest BCUT2D eigenvalue weighted by molar-refractivity contribution is 7.78. The lowest BCUT2D eigenvalue weighted by molar-refractivity contribution is -0.164. The van der Waals surface area contributed by atoms with E-state index in [2.05, 4.69) is 10.2 Å². The second-order valence-electron chi connectivity index (χ2n) is 9.68. The molecular formula is C27H25FN2O5S. The van der Waals surface area contributed by atoms with E-state index in [1.807, 2.05) is 6.07 Å². The number of imide groups is 1. The first-order valence-corrected chi connectivity index (χ1v) is 11.8. The van der Waals surface area contributed by atoms with Crippen molar-refractivity contribution < 1.29 is 28.2 Å². The lowest BCUT2D eigenvalue weighted by Crippen LogP contribution is -2.52. The highest BCUT2D eigenvalue weighted by Gasteiger charge is 2.60. The van der Waals surface area contributed by atoms with Crippen LogP contribution in [0.2, 0.25) is 0 Å². The molecule has 3 atom stereocenters. The standard InChI is InChI=1S/C27H25FN2O5S/c1-26(2,3)35-23(31)21-14-19(29-16-36)11-12-27(21)20-13-18(28)9-10-22(20)30(24(27)32)25(33)34-15-17-7-5-4-6-8-17/h4-13,19,21H,14-15H2,1-3H3/t19-,21-,27-/m0/s1. The molecule has 186 valence electrons. The zero-order valence-electron chi connectivity index (χ0n) is 20.1. The Hall–Kier alpha value is -3.68. The number of benzene rings is 2. The Morgan fingerprint density at radius 3 is 2.61 bits per heavy atom. The molecule has 36 heavy (non-hydrogen) atoms. The van der Waals surface area contributed by atoms with Gasteiger partial charge in [-0.05, 0) is 68.7 Å². The van der Waals surface area contributed by atoms with Gasteiger partial charge in [-0.3, -0.25) is 9.59 Å². The fourth-order valence-electron chi connectivity index (χ4n) is 4.61. The number of aliphatic imine (C=N–C) groups is 1. The van der Waals surface area contributed by atoms with E-state index in [0.29, 0.717) is 0 Å². The predicted molar refractivity (Wildman–Crippen MR) is 134 cm³/mol. The van der Waals surface area contributed by atoms with Crippen molar-refractivity contribution in [2.45, 2.75) is 50.9 Å². The number of thiocarbonyl (C=S) groups is 1. The number of halogens is 1. The normalized spacial score (nSPS) is 22.7. The Kier molecular flexibility index (Phi) is 6.89. The number of esters is 1. The van der Waals surface area contributed by atoms with E-state index in [0.717, 1.165) is 16.5 Å². The van der Waals surface area contributed by atoms with Crippen LogP contribution in [0.5, 0.6) is 0 Å². The van der Waals surface area contributed by atoms with Crippen LogP contribution in [-0.2, 0) is 31.1 Å². The summed E-state index contributed by atoms with van der Waals surface area (Å²) in [5.41, 5.74) is -1.46. The van der Waals surface area contributed by atoms with Gasteiger partial charge in [0.1, 0.15) is 23.4 Å². The third kappa shape index (κ3) is 4.72. The molecule has 0 saturated heterocycles. The van der Waals surface area contributed by atoms with Crippen LogP contribution < -0.4 is 4.90 Å². The third-order valence-electron chi connectivity index (χ3n) is 6.11. The first kappa shape index (κ1) is 25.4. The number of nitrogens with zero attached hydrogens (tertiary/aromatic N) is 2. The Labute approximate surface area is 213 Å². The Balaban J connectivity index is 1.79. The number of anilines is 1. The molecule has 2 aromatic rings. The van der Waals surface area contributed by atoms with Gasteiger partial charge < -0.3 is 9.47 Å². The monoisotopic (exact) mass is 508 g/mol. The van der Waals surface area contributed by atoms with E-state index in [1.54, 1.807) is 51.1 Å². The molecule has 1 aliphatic heterocycles. The predicted octanol–water partition coefficient (Wildman–Crippen LogP) is 5.14. The first-order valence-electron chi connectivity index (χ1n) is 11.4. The molecule has 0 unspecified atom stereocenters. The van der Waals surface area contributed by atoms with Crippen molar-refractivity contribution in [3.63, 3.8) is 0 Å². The lowest BCUT2D eigenvalue weighted by Gasteiger charge is -2.37. The average Bonchev–Trinajstić information content (AvgIpc) is 3.06. The van der Waals surface area contributed by atoms with Gasteiger partial charge in [0.25, 0.3) is 5.91 Å². The number of rotatable bonds is 4. The first-order chi connectivity index (χ1) is 17.1. The summed E-state index contributed by atoms with van der Waals surface area (Å²) in [5.74, 6) is -3.10. The molecule has 7 nitrogen and oxygen atoms in total. The second-order valence-corrected chi connectivity index (χ2v) is 9.86. The lowest BCUT2D eigenvalue weighted by atomic mass is 9.65. The fourth-order valence-corrected chi connectivity index (χ4v) is 4.75. The number of amides is 2. The molecule has 2 aliphatic rings. The number of carbonyl (C=O) groups excluding carboxylic acids is 3. The van der Waals surface area contributed by atoms with Crippen LogP contribution in [-0.4, -0.2) is 34.8 Å². The number of carbonyl (C=O) groups is 3. The molecule has 1 heterocycles. The average molecular weight is 509 g/mol. The Bertz CT molecular complexity index is 1280. The van der Waals surface area contributed by atoms with Gasteiger partial charge in [-0.15, -0.1) is 0 Å². The molecular weight excluding hydrogens is 483 g/mol. The summed E-state index contributed by atoms with van der Waals surface area (Å²) in [6.07, 6.45) is 2.25. The van der Waals surface area contributed by atoms with Crippen molar-refractivity contribution in [1.29, 1.82) is 0 Å². The maximum atomic E-state index is 14.5. The van der Waals surface area contributed by atoms with Gasteiger partial charge in [-0.1, -0.05) is 42.5 Å². The Morgan fingerprint density at radius 2 is 1.94 bits per heavy atom. The van der Waals surface area contributed by atoms with Crippen LogP contribution in [0.3, 0.4) is 0 Å². The molecule has 4 rings (SSSR count). The van der Waals surface area contributed by atoms with E-state index >= 15 is 0 Å². The van der Waals surface area contributed by atoms with Crippen LogP contribution in [0.1, 0.15) is 38.3 Å². The molecule has 0 N–H and O–H groups in total.